The number of aryl methyl sites for hydroxylation is 1. The van der Waals surface area contributed by atoms with Gasteiger partial charge in [-0.1, -0.05) is 0 Å². The summed E-state index contributed by atoms with van der Waals surface area (Å²) in [5, 5.41) is 7.79. The van der Waals surface area contributed by atoms with E-state index in [4.69, 9.17) is 4.74 Å². The van der Waals surface area contributed by atoms with Gasteiger partial charge in [-0.05, 0) is 49.4 Å². The van der Waals surface area contributed by atoms with Crippen molar-refractivity contribution in [3.8, 4) is 0 Å². The Balaban J connectivity index is 1.79. The van der Waals surface area contributed by atoms with E-state index < -0.39 is 0 Å². The highest BCUT2D eigenvalue weighted by molar-refractivity contribution is 5.90. The number of aromatic nitrogens is 4. The van der Waals surface area contributed by atoms with Crippen LogP contribution in [0.2, 0.25) is 0 Å². The molecule has 0 radical (unpaired) electrons. The fraction of sp³-hybridized carbons (Fsp3) is 0.111. The summed E-state index contributed by atoms with van der Waals surface area (Å²) in [6.07, 6.45) is 1.72. The number of carbonyl (C=O) groups is 1. The zero-order valence-corrected chi connectivity index (χ0v) is 13.7. The first-order valence-corrected chi connectivity index (χ1v) is 7.72. The van der Waals surface area contributed by atoms with E-state index in [1.807, 2.05) is 25.1 Å². The van der Waals surface area contributed by atoms with Crippen molar-refractivity contribution in [3.63, 3.8) is 0 Å². The van der Waals surface area contributed by atoms with Gasteiger partial charge in [0, 0.05) is 11.9 Å². The molecule has 3 heterocycles. The van der Waals surface area contributed by atoms with Crippen molar-refractivity contribution in [3.05, 3.63) is 59.9 Å². The average molecular weight is 333 g/mol. The van der Waals surface area contributed by atoms with Gasteiger partial charge in [0.25, 0.3) is 0 Å². The van der Waals surface area contributed by atoms with E-state index in [1.165, 1.54) is 7.11 Å². The maximum absolute atomic E-state index is 11.5. The fourth-order valence-electron chi connectivity index (χ4n) is 2.68. The lowest BCUT2D eigenvalue weighted by molar-refractivity contribution is 0.0601. The predicted molar refractivity (Wildman–Crippen MR) is 94.1 cm³/mol. The molecule has 0 bridgehead atoms. The van der Waals surface area contributed by atoms with E-state index in [1.54, 1.807) is 35.0 Å². The Morgan fingerprint density at radius 2 is 2.00 bits per heavy atom. The van der Waals surface area contributed by atoms with E-state index in [9.17, 15) is 4.79 Å². The van der Waals surface area contributed by atoms with Crippen molar-refractivity contribution in [2.75, 3.05) is 12.4 Å². The van der Waals surface area contributed by atoms with Crippen molar-refractivity contribution in [1.29, 1.82) is 0 Å². The zero-order valence-electron chi connectivity index (χ0n) is 13.7. The van der Waals surface area contributed by atoms with Gasteiger partial charge in [0.05, 0.1) is 18.4 Å². The van der Waals surface area contributed by atoms with E-state index >= 15 is 0 Å². The number of esters is 1. The Kier molecular flexibility index (Phi) is 3.53. The van der Waals surface area contributed by atoms with Crippen LogP contribution in [0.1, 0.15) is 16.1 Å². The van der Waals surface area contributed by atoms with Gasteiger partial charge in [0.1, 0.15) is 11.0 Å². The number of hydrogen-bond donors (Lipinski definition) is 1. The van der Waals surface area contributed by atoms with E-state index in [0.717, 1.165) is 22.4 Å². The molecule has 4 aromatic rings. The fourth-order valence-corrected chi connectivity index (χ4v) is 2.68. The van der Waals surface area contributed by atoms with Crippen LogP contribution in [0.3, 0.4) is 0 Å². The summed E-state index contributed by atoms with van der Waals surface area (Å²) >= 11 is 0. The summed E-state index contributed by atoms with van der Waals surface area (Å²) in [5.41, 5.74) is 4.46. The van der Waals surface area contributed by atoms with Gasteiger partial charge in [-0.2, -0.15) is 5.10 Å². The number of carbonyl (C=O) groups excluding carboxylic acids is 1. The summed E-state index contributed by atoms with van der Waals surface area (Å²) in [7, 11) is 1.36. The maximum atomic E-state index is 11.5. The molecule has 0 spiro atoms. The van der Waals surface area contributed by atoms with Crippen molar-refractivity contribution in [2.24, 2.45) is 0 Å². The first kappa shape index (κ1) is 15.1. The van der Waals surface area contributed by atoms with E-state index in [2.05, 4.69) is 20.4 Å². The van der Waals surface area contributed by atoms with Gasteiger partial charge >= 0.3 is 5.97 Å². The Morgan fingerprint density at radius 3 is 2.76 bits per heavy atom. The molecule has 0 fully saturated rings. The summed E-state index contributed by atoms with van der Waals surface area (Å²) < 4.78 is 6.49. The third kappa shape index (κ3) is 2.65. The van der Waals surface area contributed by atoms with Gasteiger partial charge in [0.15, 0.2) is 11.5 Å². The minimum Gasteiger partial charge on any atom is -0.465 e. The lowest BCUT2D eigenvalue weighted by Gasteiger charge is -2.09. The van der Waals surface area contributed by atoms with Crippen molar-refractivity contribution in [2.45, 2.75) is 6.92 Å². The molecule has 124 valence electrons. The third-order valence-electron chi connectivity index (χ3n) is 3.84. The number of pyridine rings is 1. The molecule has 7 nitrogen and oxygen atoms in total. The van der Waals surface area contributed by atoms with E-state index in [-0.39, 0.29) is 5.97 Å². The number of benzene rings is 1. The van der Waals surface area contributed by atoms with Crippen molar-refractivity contribution < 1.29 is 9.53 Å². The Hall–Kier alpha value is -3.48. The van der Waals surface area contributed by atoms with Gasteiger partial charge < -0.3 is 10.1 Å². The lowest BCUT2D eigenvalue weighted by atomic mass is 10.2. The molecule has 3 aromatic heterocycles. The Labute approximate surface area is 143 Å². The molecule has 4 rings (SSSR count). The van der Waals surface area contributed by atoms with Crippen LogP contribution < -0.4 is 5.32 Å². The van der Waals surface area contributed by atoms with Crippen LogP contribution in [0.15, 0.2) is 48.7 Å². The number of hydrogen-bond acceptors (Lipinski definition) is 6. The SMILES string of the molecule is COC(=O)c1ccc(Nc2nc3cccnc3n3nc(C)cc23)cc1. The molecule has 25 heavy (non-hydrogen) atoms. The molecule has 0 amide bonds. The topological polar surface area (TPSA) is 81.4 Å². The van der Waals surface area contributed by atoms with Gasteiger partial charge in [-0.15, -0.1) is 0 Å². The number of rotatable bonds is 3. The van der Waals surface area contributed by atoms with Crippen LogP contribution in [0.25, 0.3) is 16.7 Å². The van der Waals surface area contributed by atoms with E-state index in [0.29, 0.717) is 17.0 Å². The van der Waals surface area contributed by atoms with Gasteiger partial charge in [-0.25, -0.2) is 19.3 Å². The van der Waals surface area contributed by atoms with Crippen LogP contribution in [0.5, 0.6) is 0 Å². The maximum Gasteiger partial charge on any atom is 0.337 e. The second kappa shape index (κ2) is 5.86. The quantitative estimate of drug-likeness (QED) is 0.580. The number of ether oxygens (including phenoxy) is 1. The van der Waals surface area contributed by atoms with Crippen LogP contribution in [0, 0.1) is 6.92 Å². The minimum atomic E-state index is -0.366. The number of nitrogens with one attached hydrogen (secondary N) is 1. The molecule has 1 aromatic carbocycles. The number of nitrogens with zero attached hydrogens (tertiary/aromatic N) is 4. The minimum absolute atomic E-state index is 0.366. The molecule has 0 saturated carbocycles. The standard InChI is InChI=1S/C18H15N5O2/c1-11-10-15-16(20-13-7-5-12(6-8-13)18(24)25-2)21-14-4-3-9-19-17(14)23(15)22-11/h3-10H,1-2H3,(H,20,21). The van der Waals surface area contributed by atoms with Gasteiger partial charge in [-0.3, -0.25) is 0 Å². The van der Waals surface area contributed by atoms with Crippen LogP contribution in [-0.4, -0.2) is 32.7 Å². The monoisotopic (exact) mass is 333 g/mol. The van der Waals surface area contributed by atoms with Crippen molar-refractivity contribution >= 4 is 34.2 Å². The number of anilines is 2. The highest BCUT2D eigenvalue weighted by atomic mass is 16.5. The average Bonchev–Trinajstić information content (AvgIpc) is 3.04. The molecule has 7 heteroatoms. The number of fused-ring (bicyclic) bond motifs is 3. The van der Waals surface area contributed by atoms with Crippen LogP contribution in [-0.2, 0) is 4.74 Å². The highest BCUT2D eigenvalue weighted by Gasteiger charge is 2.12. The second-order valence-electron chi connectivity index (χ2n) is 5.58. The molecule has 0 unspecified atom stereocenters. The van der Waals surface area contributed by atoms with Crippen LogP contribution in [0.4, 0.5) is 11.5 Å². The zero-order chi connectivity index (χ0) is 17.4. The molecule has 0 saturated heterocycles. The largest absolute Gasteiger partial charge is 0.465 e. The molecule has 0 aliphatic rings. The summed E-state index contributed by atoms with van der Waals surface area (Å²) in [4.78, 5) is 20.6. The second-order valence-corrected chi connectivity index (χ2v) is 5.58. The summed E-state index contributed by atoms with van der Waals surface area (Å²) in [6.45, 7) is 1.93. The third-order valence-corrected chi connectivity index (χ3v) is 3.84. The molecule has 0 atom stereocenters. The molecule has 0 aliphatic heterocycles. The van der Waals surface area contributed by atoms with Crippen LogP contribution >= 0.6 is 0 Å². The first-order chi connectivity index (χ1) is 12.2. The lowest BCUT2D eigenvalue weighted by Crippen LogP contribution is -2.03. The highest BCUT2D eigenvalue weighted by Crippen LogP contribution is 2.24. The smallest absolute Gasteiger partial charge is 0.337 e. The van der Waals surface area contributed by atoms with Crippen molar-refractivity contribution in [1.82, 2.24) is 19.6 Å². The number of methoxy groups -OCH3 is 1. The van der Waals surface area contributed by atoms with Gasteiger partial charge in [0.2, 0.25) is 0 Å². The predicted octanol–water partition coefficient (Wildman–Crippen LogP) is 3.12. The summed E-state index contributed by atoms with van der Waals surface area (Å²) in [5.74, 6) is 0.308. The Bertz CT molecular complexity index is 1090. The normalized spacial score (nSPS) is 11.0. The first-order valence-electron chi connectivity index (χ1n) is 7.72. The summed E-state index contributed by atoms with van der Waals surface area (Å²) in [6, 6.07) is 12.7. The molecular weight excluding hydrogens is 318 g/mol. The molecule has 1 N–H and O–H groups in total. The Morgan fingerprint density at radius 1 is 1.20 bits per heavy atom. The molecular formula is C18H15N5O2. The molecule has 0 aliphatic carbocycles.